The van der Waals surface area contributed by atoms with Crippen LogP contribution in [0.25, 0.3) is 0 Å². The van der Waals surface area contributed by atoms with E-state index in [2.05, 4.69) is 5.32 Å². The topological polar surface area (TPSA) is 49.3 Å². The Morgan fingerprint density at radius 3 is 3.00 bits per heavy atom. The highest BCUT2D eigenvalue weighted by molar-refractivity contribution is 7.99. The van der Waals surface area contributed by atoms with E-state index in [-0.39, 0.29) is 12.5 Å². The molecule has 82 valence electrons. The number of thioether (sulfide) groups is 1. The van der Waals surface area contributed by atoms with Gasteiger partial charge in [0.25, 0.3) is 0 Å². The Hall–Kier alpha value is -1.00. The van der Waals surface area contributed by atoms with Gasteiger partial charge in [0, 0.05) is 11.4 Å². The van der Waals surface area contributed by atoms with Crippen molar-refractivity contribution in [1.82, 2.24) is 0 Å². The van der Waals surface area contributed by atoms with Crippen LogP contribution in [0.5, 0.6) is 0 Å². The highest BCUT2D eigenvalue weighted by atomic mass is 32.2. The first-order valence-corrected chi connectivity index (χ1v) is 5.93. The molecule has 3 nitrogen and oxygen atoms in total. The molecule has 1 rings (SSSR count). The summed E-state index contributed by atoms with van der Waals surface area (Å²) in [5.41, 5.74) is 1.94. The highest BCUT2D eigenvalue weighted by Gasteiger charge is 2.01. The second-order valence-electron chi connectivity index (χ2n) is 3.19. The Kier molecular flexibility index (Phi) is 5.21. The fourth-order valence-electron chi connectivity index (χ4n) is 1.15. The number of aryl methyl sites for hydroxylation is 1. The molecule has 15 heavy (non-hydrogen) atoms. The van der Waals surface area contributed by atoms with Crippen LogP contribution in [0.15, 0.2) is 24.3 Å². The van der Waals surface area contributed by atoms with Crippen LogP contribution in [-0.2, 0) is 4.79 Å². The first-order valence-electron chi connectivity index (χ1n) is 4.77. The molecule has 0 saturated carbocycles. The zero-order chi connectivity index (χ0) is 11.1. The van der Waals surface area contributed by atoms with E-state index in [9.17, 15) is 4.79 Å². The summed E-state index contributed by atoms with van der Waals surface area (Å²) in [6, 6.07) is 7.68. The van der Waals surface area contributed by atoms with Gasteiger partial charge in [0.05, 0.1) is 12.4 Å². The van der Waals surface area contributed by atoms with Gasteiger partial charge < -0.3 is 10.4 Å². The van der Waals surface area contributed by atoms with Crippen molar-refractivity contribution >= 4 is 23.4 Å². The number of carbonyl (C=O) groups excluding carboxylic acids is 1. The molecule has 1 amide bonds. The van der Waals surface area contributed by atoms with Crippen LogP contribution in [0.2, 0.25) is 0 Å². The zero-order valence-corrected chi connectivity index (χ0v) is 9.51. The van der Waals surface area contributed by atoms with Gasteiger partial charge in [-0.05, 0) is 24.6 Å². The van der Waals surface area contributed by atoms with E-state index in [4.69, 9.17) is 5.11 Å². The van der Waals surface area contributed by atoms with Crippen molar-refractivity contribution in [2.24, 2.45) is 0 Å². The van der Waals surface area contributed by atoms with Crippen LogP contribution in [0.4, 0.5) is 5.69 Å². The molecule has 0 fully saturated rings. The third kappa shape index (κ3) is 4.85. The number of amides is 1. The molecule has 4 heteroatoms. The summed E-state index contributed by atoms with van der Waals surface area (Å²) in [7, 11) is 0. The van der Waals surface area contributed by atoms with E-state index in [0.29, 0.717) is 11.5 Å². The lowest BCUT2D eigenvalue weighted by Crippen LogP contribution is -2.14. The number of hydrogen-bond acceptors (Lipinski definition) is 3. The van der Waals surface area contributed by atoms with Crippen molar-refractivity contribution in [3.05, 3.63) is 29.8 Å². The van der Waals surface area contributed by atoms with E-state index < -0.39 is 0 Å². The molecule has 0 spiro atoms. The van der Waals surface area contributed by atoms with Crippen molar-refractivity contribution in [2.75, 3.05) is 23.4 Å². The quantitative estimate of drug-likeness (QED) is 0.749. The molecule has 1 aromatic rings. The smallest absolute Gasteiger partial charge is 0.234 e. The minimum Gasteiger partial charge on any atom is -0.396 e. The fraction of sp³-hybridized carbons (Fsp3) is 0.364. The van der Waals surface area contributed by atoms with Crippen LogP contribution < -0.4 is 5.32 Å². The van der Waals surface area contributed by atoms with Crippen molar-refractivity contribution in [3.63, 3.8) is 0 Å². The number of hydrogen-bond donors (Lipinski definition) is 2. The molecule has 1 aromatic carbocycles. The lowest BCUT2D eigenvalue weighted by atomic mass is 10.2. The van der Waals surface area contributed by atoms with Gasteiger partial charge in [0.2, 0.25) is 5.91 Å². The highest BCUT2D eigenvalue weighted by Crippen LogP contribution is 2.10. The average Bonchev–Trinajstić information content (AvgIpc) is 2.18. The van der Waals surface area contributed by atoms with Crippen LogP contribution in [-0.4, -0.2) is 29.1 Å². The Morgan fingerprint density at radius 1 is 1.53 bits per heavy atom. The molecule has 2 N–H and O–H groups in total. The Labute approximate surface area is 93.9 Å². The fourth-order valence-corrected chi connectivity index (χ4v) is 1.68. The van der Waals surface area contributed by atoms with Crippen molar-refractivity contribution in [2.45, 2.75) is 6.92 Å². The van der Waals surface area contributed by atoms with Gasteiger partial charge >= 0.3 is 0 Å². The summed E-state index contributed by atoms with van der Waals surface area (Å²) in [5.74, 6) is 0.953. The summed E-state index contributed by atoms with van der Waals surface area (Å²) in [6.45, 7) is 2.10. The lowest BCUT2D eigenvalue weighted by Gasteiger charge is -2.05. The van der Waals surface area contributed by atoms with Gasteiger partial charge in [-0.15, -0.1) is 11.8 Å². The van der Waals surface area contributed by atoms with Gasteiger partial charge in [-0.1, -0.05) is 12.1 Å². The van der Waals surface area contributed by atoms with Gasteiger partial charge in [-0.25, -0.2) is 0 Å². The summed E-state index contributed by atoms with van der Waals surface area (Å²) >= 11 is 1.42. The van der Waals surface area contributed by atoms with Gasteiger partial charge in [-0.2, -0.15) is 0 Å². The van der Waals surface area contributed by atoms with Crippen molar-refractivity contribution in [1.29, 1.82) is 0 Å². The molecule has 0 aliphatic heterocycles. The van der Waals surface area contributed by atoms with Crippen LogP contribution in [0.3, 0.4) is 0 Å². The first-order chi connectivity index (χ1) is 7.22. The summed E-state index contributed by atoms with van der Waals surface area (Å²) < 4.78 is 0. The largest absolute Gasteiger partial charge is 0.396 e. The Balaban J connectivity index is 2.37. The standard InChI is InChI=1S/C11H15NO2S/c1-9-3-2-4-10(7-9)12-11(14)8-15-6-5-13/h2-4,7,13H,5-6,8H2,1H3,(H,12,14). The molecule has 0 radical (unpaired) electrons. The molecule has 0 aromatic heterocycles. The third-order valence-corrected chi connectivity index (χ3v) is 2.71. The zero-order valence-electron chi connectivity index (χ0n) is 8.69. The normalized spacial score (nSPS) is 10.0. The predicted molar refractivity (Wildman–Crippen MR) is 64.2 cm³/mol. The van der Waals surface area contributed by atoms with E-state index in [1.54, 1.807) is 0 Å². The number of aliphatic hydroxyl groups is 1. The second-order valence-corrected chi connectivity index (χ2v) is 4.30. The Bertz CT molecular complexity index is 328. The van der Waals surface area contributed by atoms with Gasteiger partial charge in [0.1, 0.15) is 0 Å². The number of benzene rings is 1. The van der Waals surface area contributed by atoms with E-state index in [1.165, 1.54) is 11.8 Å². The lowest BCUT2D eigenvalue weighted by molar-refractivity contribution is -0.113. The monoisotopic (exact) mass is 225 g/mol. The van der Waals surface area contributed by atoms with Gasteiger partial charge in [0.15, 0.2) is 0 Å². The van der Waals surface area contributed by atoms with Crippen LogP contribution >= 0.6 is 11.8 Å². The first kappa shape index (κ1) is 12.1. The Morgan fingerprint density at radius 2 is 2.33 bits per heavy atom. The molecule has 0 aliphatic carbocycles. The summed E-state index contributed by atoms with van der Waals surface area (Å²) in [6.07, 6.45) is 0. The molecular weight excluding hydrogens is 210 g/mol. The average molecular weight is 225 g/mol. The van der Waals surface area contributed by atoms with Crippen LogP contribution in [0, 0.1) is 6.92 Å². The number of rotatable bonds is 5. The molecule has 0 atom stereocenters. The SMILES string of the molecule is Cc1cccc(NC(=O)CSCCO)c1. The van der Waals surface area contributed by atoms with E-state index in [1.807, 2.05) is 31.2 Å². The summed E-state index contributed by atoms with van der Waals surface area (Å²) in [4.78, 5) is 11.4. The summed E-state index contributed by atoms with van der Waals surface area (Å²) in [5, 5.41) is 11.4. The van der Waals surface area contributed by atoms with Crippen molar-refractivity contribution < 1.29 is 9.90 Å². The molecule has 0 heterocycles. The minimum atomic E-state index is -0.0287. The third-order valence-electron chi connectivity index (χ3n) is 1.77. The molecule has 0 saturated heterocycles. The maximum Gasteiger partial charge on any atom is 0.234 e. The van der Waals surface area contributed by atoms with Crippen molar-refractivity contribution in [3.8, 4) is 0 Å². The number of carbonyl (C=O) groups is 1. The van der Waals surface area contributed by atoms with E-state index >= 15 is 0 Å². The minimum absolute atomic E-state index is 0.0287. The van der Waals surface area contributed by atoms with Crippen LogP contribution in [0.1, 0.15) is 5.56 Å². The molecule has 0 aliphatic rings. The predicted octanol–water partition coefficient (Wildman–Crippen LogP) is 1.66. The maximum absolute atomic E-state index is 11.4. The molecule has 0 unspecified atom stereocenters. The molecule has 0 bridgehead atoms. The second kappa shape index (κ2) is 6.48. The maximum atomic E-state index is 11.4. The molecular formula is C11H15NO2S. The number of anilines is 1. The van der Waals surface area contributed by atoms with E-state index in [0.717, 1.165) is 11.3 Å². The van der Waals surface area contributed by atoms with Gasteiger partial charge in [-0.3, -0.25) is 4.79 Å². The number of aliphatic hydroxyl groups excluding tert-OH is 1. The number of nitrogens with one attached hydrogen (secondary N) is 1.